The van der Waals surface area contributed by atoms with E-state index in [0.717, 1.165) is 31.4 Å². The van der Waals surface area contributed by atoms with Crippen molar-refractivity contribution in [3.05, 3.63) is 42.0 Å². The molecule has 1 aromatic carbocycles. The van der Waals surface area contributed by atoms with Gasteiger partial charge in [-0.25, -0.2) is 0 Å². The first kappa shape index (κ1) is 15.9. The van der Waals surface area contributed by atoms with Crippen LogP contribution >= 0.6 is 0 Å². The van der Waals surface area contributed by atoms with Gasteiger partial charge < -0.3 is 10.6 Å². The van der Waals surface area contributed by atoms with Crippen molar-refractivity contribution in [1.29, 1.82) is 5.26 Å². The lowest BCUT2D eigenvalue weighted by molar-refractivity contribution is -0.120. The maximum absolute atomic E-state index is 12.2. The second kappa shape index (κ2) is 7.55. The highest BCUT2D eigenvalue weighted by atomic mass is 16.1. The van der Waals surface area contributed by atoms with Gasteiger partial charge in [-0.2, -0.15) is 5.26 Å². The van der Waals surface area contributed by atoms with Crippen LogP contribution in [0.4, 0.5) is 17.3 Å². The number of anilines is 3. The van der Waals surface area contributed by atoms with E-state index in [1.807, 2.05) is 0 Å². The molecule has 6 nitrogen and oxygen atoms in total. The Morgan fingerprint density at radius 1 is 1.00 bits per heavy atom. The van der Waals surface area contributed by atoms with E-state index < -0.39 is 0 Å². The highest BCUT2D eigenvalue weighted by Crippen LogP contribution is 2.24. The molecule has 122 valence electrons. The molecule has 0 spiro atoms. The first-order chi connectivity index (χ1) is 11.7. The summed E-state index contributed by atoms with van der Waals surface area (Å²) in [5.74, 6) is 1.18. The van der Waals surface area contributed by atoms with Crippen LogP contribution in [0.15, 0.2) is 36.4 Å². The molecule has 6 heteroatoms. The summed E-state index contributed by atoms with van der Waals surface area (Å²) in [5.41, 5.74) is 1.43. The van der Waals surface area contributed by atoms with Gasteiger partial charge >= 0.3 is 0 Å². The number of hydrogen-bond acceptors (Lipinski definition) is 5. The molecule has 1 fully saturated rings. The fraction of sp³-hybridized carbons (Fsp3) is 0.333. The van der Waals surface area contributed by atoms with Gasteiger partial charge in [0.05, 0.1) is 11.6 Å². The molecule has 1 aliphatic carbocycles. The van der Waals surface area contributed by atoms with Crippen molar-refractivity contribution in [2.24, 2.45) is 5.92 Å². The third kappa shape index (κ3) is 4.07. The number of aromatic nitrogens is 2. The minimum Gasteiger partial charge on any atom is -0.339 e. The van der Waals surface area contributed by atoms with E-state index >= 15 is 0 Å². The Morgan fingerprint density at radius 2 is 1.67 bits per heavy atom. The van der Waals surface area contributed by atoms with Crippen molar-refractivity contribution in [2.75, 3.05) is 10.6 Å². The summed E-state index contributed by atoms with van der Waals surface area (Å²) in [6.07, 6.45) is 5.38. The van der Waals surface area contributed by atoms with Crippen LogP contribution in [0.1, 0.15) is 37.7 Å². The highest BCUT2D eigenvalue weighted by molar-refractivity contribution is 5.91. The molecular formula is C18H19N5O. The summed E-state index contributed by atoms with van der Waals surface area (Å²) in [4.78, 5) is 12.2. The van der Waals surface area contributed by atoms with E-state index in [4.69, 9.17) is 5.26 Å². The SMILES string of the molecule is N#Cc1ccc(Nc2ccc(NC(=O)C3CCCCC3)nn2)cc1. The van der Waals surface area contributed by atoms with E-state index in [0.29, 0.717) is 17.2 Å². The molecule has 0 bridgehead atoms. The van der Waals surface area contributed by atoms with Crippen LogP contribution in [0, 0.1) is 17.2 Å². The minimum atomic E-state index is 0.0387. The first-order valence-electron chi connectivity index (χ1n) is 8.16. The van der Waals surface area contributed by atoms with Crippen molar-refractivity contribution < 1.29 is 4.79 Å². The first-order valence-corrected chi connectivity index (χ1v) is 8.16. The second-order valence-corrected chi connectivity index (χ2v) is 5.94. The molecule has 2 aromatic rings. The molecule has 3 rings (SSSR count). The molecule has 2 N–H and O–H groups in total. The highest BCUT2D eigenvalue weighted by Gasteiger charge is 2.21. The fourth-order valence-electron chi connectivity index (χ4n) is 2.83. The largest absolute Gasteiger partial charge is 0.339 e. The van der Waals surface area contributed by atoms with Gasteiger partial charge in [0.2, 0.25) is 5.91 Å². The second-order valence-electron chi connectivity index (χ2n) is 5.94. The van der Waals surface area contributed by atoms with E-state index in [9.17, 15) is 4.79 Å². The van der Waals surface area contributed by atoms with Gasteiger partial charge in [0.25, 0.3) is 0 Å². The lowest BCUT2D eigenvalue weighted by Gasteiger charge is -2.20. The van der Waals surface area contributed by atoms with Crippen LogP contribution in [0.3, 0.4) is 0 Å². The molecule has 0 atom stereocenters. The third-order valence-electron chi connectivity index (χ3n) is 4.18. The summed E-state index contributed by atoms with van der Waals surface area (Å²) in [6, 6.07) is 12.6. The number of benzene rings is 1. The number of amides is 1. The molecule has 0 aliphatic heterocycles. The monoisotopic (exact) mass is 321 g/mol. The number of nitrogens with one attached hydrogen (secondary N) is 2. The molecule has 24 heavy (non-hydrogen) atoms. The zero-order valence-electron chi connectivity index (χ0n) is 13.3. The minimum absolute atomic E-state index is 0.0387. The van der Waals surface area contributed by atoms with E-state index in [1.54, 1.807) is 36.4 Å². The number of nitriles is 1. The van der Waals surface area contributed by atoms with Gasteiger partial charge in [0.1, 0.15) is 0 Å². The summed E-state index contributed by atoms with van der Waals surface area (Å²) in [5, 5.41) is 22.9. The Balaban J connectivity index is 1.58. The average molecular weight is 321 g/mol. The summed E-state index contributed by atoms with van der Waals surface area (Å²) in [7, 11) is 0. The summed E-state index contributed by atoms with van der Waals surface area (Å²) in [6.45, 7) is 0. The molecule has 1 heterocycles. The summed E-state index contributed by atoms with van der Waals surface area (Å²) >= 11 is 0. The molecule has 1 saturated carbocycles. The quantitative estimate of drug-likeness (QED) is 0.897. The van der Waals surface area contributed by atoms with Crippen molar-refractivity contribution in [3.63, 3.8) is 0 Å². The van der Waals surface area contributed by atoms with Crippen molar-refractivity contribution in [3.8, 4) is 6.07 Å². The molecule has 1 aromatic heterocycles. The molecule has 0 radical (unpaired) electrons. The standard InChI is InChI=1S/C18H19N5O/c19-12-13-6-8-15(9-7-13)20-16-10-11-17(23-22-16)21-18(24)14-4-2-1-3-5-14/h6-11,14H,1-5H2,(H,20,22)(H,21,23,24). The number of nitrogens with zero attached hydrogens (tertiary/aromatic N) is 3. The number of rotatable bonds is 4. The molecule has 1 aliphatic rings. The predicted octanol–water partition coefficient (Wildman–Crippen LogP) is 3.61. The maximum atomic E-state index is 12.2. The van der Waals surface area contributed by atoms with E-state index in [1.165, 1.54) is 6.42 Å². The van der Waals surface area contributed by atoms with E-state index in [2.05, 4.69) is 26.9 Å². The van der Waals surface area contributed by atoms with Gasteiger partial charge in [-0.3, -0.25) is 4.79 Å². The van der Waals surface area contributed by atoms with Gasteiger partial charge in [0, 0.05) is 11.6 Å². The summed E-state index contributed by atoms with van der Waals surface area (Å²) < 4.78 is 0. The molecular weight excluding hydrogens is 302 g/mol. The number of carbonyl (C=O) groups is 1. The zero-order valence-corrected chi connectivity index (χ0v) is 13.3. The predicted molar refractivity (Wildman–Crippen MR) is 91.7 cm³/mol. The van der Waals surface area contributed by atoms with Gasteiger partial charge in [-0.15, -0.1) is 10.2 Å². The Hall–Kier alpha value is -2.94. The molecule has 0 unspecified atom stereocenters. The third-order valence-corrected chi connectivity index (χ3v) is 4.18. The van der Waals surface area contributed by atoms with Crippen LogP contribution in [-0.4, -0.2) is 16.1 Å². The molecule has 0 saturated heterocycles. The van der Waals surface area contributed by atoms with Crippen LogP contribution < -0.4 is 10.6 Å². The maximum Gasteiger partial charge on any atom is 0.228 e. The van der Waals surface area contributed by atoms with Crippen molar-refractivity contribution in [2.45, 2.75) is 32.1 Å². The Kier molecular flexibility index (Phi) is 5.02. The Labute approximate surface area is 140 Å². The lowest BCUT2D eigenvalue weighted by Crippen LogP contribution is -2.25. The van der Waals surface area contributed by atoms with Gasteiger partial charge in [0.15, 0.2) is 11.6 Å². The topological polar surface area (TPSA) is 90.7 Å². The lowest BCUT2D eigenvalue weighted by atomic mass is 9.89. The van der Waals surface area contributed by atoms with Crippen molar-refractivity contribution in [1.82, 2.24) is 10.2 Å². The van der Waals surface area contributed by atoms with Crippen LogP contribution in [0.5, 0.6) is 0 Å². The van der Waals surface area contributed by atoms with Gasteiger partial charge in [-0.05, 0) is 49.2 Å². The Morgan fingerprint density at radius 3 is 2.29 bits per heavy atom. The normalized spacial score (nSPS) is 14.6. The fourth-order valence-corrected chi connectivity index (χ4v) is 2.83. The van der Waals surface area contributed by atoms with Crippen LogP contribution in [0.2, 0.25) is 0 Å². The van der Waals surface area contributed by atoms with E-state index in [-0.39, 0.29) is 11.8 Å². The number of hydrogen-bond donors (Lipinski definition) is 2. The smallest absolute Gasteiger partial charge is 0.228 e. The van der Waals surface area contributed by atoms with Gasteiger partial charge in [-0.1, -0.05) is 19.3 Å². The van der Waals surface area contributed by atoms with Crippen LogP contribution in [0.25, 0.3) is 0 Å². The average Bonchev–Trinajstić information content (AvgIpc) is 2.65. The molecule has 1 amide bonds. The van der Waals surface area contributed by atoms with Crippen LogP contribution in [-0.2, 0) is 4.79 Å². The Bertz CT molecular complexity index is 727. The zero-order chi connectivity index (χ0) is 16.8. The number of carbonyl (C=O) groups excluding carboxylic acids is 1. The van der Waals surface area contributed by atoms with Crippen molar-refractivity contribution >= 4 is 23.2 Å².